The number of anilines is 1. The van der Waals surface area contributed by atoms with E-state index in [1.165, 1.54) is 48.6 Å². The fourth-order valence-electron chi connectivity index (χ4n) is 2.99. The van der Waals surface area contributed by atoms with Crippen LogP contribution in [0.4, 0.5) is 10.1 Å². The standard InChI is InChI=1S/C26H23FN2O3/c1-17-4-5-20(12-18(17)2)16-32-24-11-6-19(14-25(24)31-3)13-21(15-28)26(30)29-23-9-7-22(27)8-10-23/h4-14H,16H2,1-3H3,(H,29,30)/b21-13+. The summed E-state index contributed by atoms with van der Waals surface area (Å²) in [6.07, 6.45) is 1.45. The molecule has 3 aromatic rings. The number of carbonyl (C=O) groups excluding carboxylic acids is 1. The number of nitriles is 1. The first-order valence-corrected chi connectivity index (χ1v) is 9.95. The van der Waals surface area contributed by atoms with Crippen LogP contribution in [0.25, 0.3) is 6.08 Å². The van der Waals surface area contributed by atoms with Crippen LogP contribution in [0.2, 0.25) is 0 Å². The lowest BCUT2D eigenvalue weighted by Crippen LogP contribution is -2.13. The Morgan fingerprint density at radius 1 is 1.03 bits per heavy atom. The summed E-state index contributed by atoms with van der Waals surface area (Å²) in [4.78, 5) is 12.4. The van der Waals surface area contributed by atoms with Gasteiger partial charge in [0.25, 0.3) is 5.91 Å². The van der Waals surface area contributed by atoms with Gasteiger partial charge in [0, 0.05) is 5.69 Å². The van der Waals surface area contributed by atoms with Crippen molar-refractivity contribution in [2.75, 3.05) is 12.4 Å². The van der Waals surface area contributed by atoms with E-state index in [4.69, 9.17) is 9.47 Å². The maximum absolute atomic E-state index is 13.0. The molecule has 0 aliphatic rings. The lowest BCUT2D eigenvalue weighted by Gasteiger charge is -2.12. The highest BCUT2D eigenvalue weighted by Gasteiger charge is 2.12. The predicted molar refractivity (Wildman–Crippen MR) is 122 cm³/mol. The second-order valence-corrected chi connectivity index (χ2v) is 7.25. The van der Waals surface area contributed by atoms with Crippen LogP contribution in [-0.4, -0.2) is 13.0 Å². The van der Waals surface area contributed by atoms with E-state index in [0.29, 0.717) is 29.4 Å². The smallest absolute Gasteiger partial charge is 0.266 e. The molecule has 0 bridgehead atoms. The Balaban J connectivity index is 1.74. The van der Waals surface area contributed by atoms with Crippen molar-refractivity contribution in [2.45, 2.75) is 20.5 Å². The number of amides is 1. The highest BCUT2D eigenvalue weighted by molar-refractivity contribution is 6.09. The van der Waals surface area contributed by atoms with Crippen molar-refractivity contribution < 1.29 is 18.7 Å². The maximum Gasteiger partial charge on any atom is 0.266 e. The zero-order valence-corrected chi connectivity index (χ0v) is 18.1. The van der Waals surface area contributed by atoms with Gasteiger partial charge in [-0.25, -0.2) is 4.39 Å². The van der Waals surface area contributed by atoms with Crippen LogP contribution in [-0.2, 0) is 11.4 Å². The van der Waals surface area contributed by atoms with Crippen molar-refractivity contribution in [1.29, 1.82) is 5.26 Å². The first kappa shape index (κ1) is 22.6. The van der Waals surface area contributed by atoms with Crippen LogP contribution in [0.3, 0.4) is 0 Å². The van der Waals surface area contributed by atoms with Gasteiger partial charge in [-0.15, -0.1) is 0 Å². The topological polar surface area (TPSA) is 71.3 Å². The van der Waals surface area contributed by atoms with Gasteiger partial charge in [0.05, 0.1) is 7.11 Å². The van der Waals surface area contributed by atoms with Gasteiger partial charge in [0.2, 0.25) is 0 Å². The zero-order chi connectivity index (χ0) is 23.1. The molecule has 0 aliphatic heterocycles. The largest absolute Gasteiger partial charge is 0.493 e. The van der Waals surface area contributed by atoms with Gasteiger partial charge in [0.15, 0.2) is 11.5 Å². The maximum atomic E-state index is 13.0. The van der Waals surface area contributed by atoms with Crippen LogP contribution < -0.4 is 14.8 Å². The molecular weight excluding hydrogens is 407 g/mol. The number of methoxy groups -OCH3 is 1. The molecule has 6 heteroatoms. The average molecular weight is 430 g/mol. The van der Waals surface area contributed by atoms with Crippen molar-refractivity contribution in [3.63, 3.8) is 0 Å². The first-order valence-electron chi connectivity index (χ1n) is 9.95. The van der Waals surface area contributed by atoms with E-state index in [1.54, 1.807) is 18.2 Å². The first-order chi connectivity index (χ1) is 15.4. The van der Waals surface area contributed by atoms with E-state index in [2.05, 4.69) is 31.3 Å². The fourth-order valence-corrected chi connectivity index (χ4v) is 2.99. The molecule has 0 aromatic heterocycles. The molecule has 5 nitrogen and oxygen atoms in total. The average Bonchev–Trinajstić information content (AvgIpc) is 2.80. The van der Waals surface area contributed by atoms with E-state index in [0.717, 1.165) is 5.56 Å². The van der Waals surface area contributed by atoms with E-state index in [-0.39, 0.29) is 5.57 Å². The second kappa shape index (κ2) is 10.3. The lowest BCUT2D eigenvalue weighted by atomic mass is 10.1. The number of aryl methyl sites for hydroxylation is 2. The minimum absolute atomic E-state index is 0.0971. The summed E-state index contributed by atoms with van der Waals surface area (Å²) in [5.41, 5.74) is 4.36. The molecule has 0 saturated heterocycles. The highest BCUT2D eigenvalue weighted by Crippen LogP contribution is 2.30. The zero-order valence-electron chi connectivity index (χ0n) is 18.1. The summed E-state index contributed by atoms with van der Waals surface area (Å²) in [6, 6.07) is 18.5. The molecule has 162 valence electrons. The number of carbonyl (C=O) groups is 1. The molecule has 32 heavy (non-hydrogen) atoms. The third-order valence-corrected chi connectivity index (χ3v) is 4.93. The van der Waals surface area contributed by atoms with E-state index < -0.39 is 11.7 Å². The summed E-state index contributed by atoms with van der Waals surface area (Å²) in [7, 11) is 1.53. The Hall–Kier alpha value is -4.11. The Morgan fingerprint density at radius 2 is 1.78 bits per heavy atom. The second-order valence-electron chi connectivity index (χ2n) is 7.25. The summed E-state index contributed by atoms with van der Waals surface area (Å²) >= 11 is 0. The van der Waals surface area contributed by atoms with Gasteiger partial charge in [0.1, 0.15) is 24.1 Å². The number of hydrogen-bond donors (Lipinski definition) is 1. The number of hydrogen-bond acceptors (Lipinski definition) is 4. The number of nitrogens with zero attached hydrogens (tertiary/aromatic N) is 1. The summed E-state index contributed by atoms with van der Waals surface area (Å²) in [5, 5.41) is 12.0. The lowest BCUT2D eigenvalue weighted by molar-refractivity contribution is -0.112. The molecule has 0 unspecified atom stereocenters. The van der Waals surface area contributed by atoms with Gasteiger partial charge in [-0.05, 0) is 78.6 Å². The van der Waals surface area contributed by atoms with Crippen molar-refractivity contribution in [3.05, 3.63) is 94.3 Å². The van der Waals surface area contributed by atoms with Gasteiger partial charge in [-0.2, -0.15) is 5.26 Å². The molecular formula is C26H23FN2O3. The van der Waals surface area contributed by atoms with E-state index in [9.17, 15) is 14.4 Å². The molecule has 0 saturated carbocycles. The molecule has 1 amide bonds. The molecule has 0 spiro atoms. The molecule has 1 N–H and O–H groups in total. The Bertz CT molecular complexity index is 1190. The summed E-state index contributed by atoms with van der Waals surface area (Å²) in [5.74, 6) is 0.0371. The van der Waals surface area contributed by atoms with Crippen molar-refractivity contribution in [2.24, 2.45) is 0 Å². The third kappa shape index (κ3) is 5.73. The quantitative estimate of drug-likeness (QED) is 0.393. The number of halogens is 1. The number of ether oxygens (including phenoxy) is 2. The molecule has 3 aromatic carbocycles. The van der Waals surface area contributed by atoms with Crippen LogP contribution in [0, 0.1) is 31.0 Å². The normalized spacial score (nSPS) is 10.9. The third-order valence-electron chi connectivity index (χ3n) is 4.93. The fraction of sp³-hybridized carbons (Fsp3) is 0.154. The van der Waals surface area contributed by atoms with Gasteiger partial charge in [-0.1, -0.05) is 24.3 Å². The Labute approximate surface area is 186 Å². The Morgan fingerprint density at radius 3 is 2.44 bits per heavy atom. The molecule has 0 atom stereocenters. The molecule has 3 rings (SSSR count). The predicted octanol–water partition coefficient (Wildman–Crippen LogP) is 5.58. The number of rotatable bonds is 7. The molecule has 0 fully saturated rings. The van der Waals surface area contributed by atoms with Crippen molar-refractivity contribution in [1.82, 2.24) is 0 Å². The number of benzene rings is 3. The van der Waals surface area contributed by atoms with Gasteiger partial charge in [-0.3, -0.25) is 4.79 Å². The summed E-state index contributed by atoms with van der Waals surface area (Å²) in [6.45, 7) is 4.50. The SMILES string of the molecule is COc1cc(/C=C(\C#N)C(=O)Nc2ccc(F)cc2)ccc1OCc1ccc(C)c(C)c1. The highest BCUT2D eigenvalue weighted by atomic mass is 19.1. The van der Waals surface area contributed by atoms with Crippen molar-refractivity contribution >= 4 is 17.7 Å². The van der Waals surface area contributed by atoms with Crippen molar-refractivity contribution in [3.8, 4) is 17.6 Å². The van der Waals surface area contributed by atoms with Crippen LogP contribution in [0.1, 0.15) is 22.3 Å². The summed E-state index contributed by atoms with van der Waals surface area (Å²) < 4.78 is 24.4. The monoisotopic (exact) mass is 430 g/mol. The Kier molecular flexibility index (Phi) is 7.25. The molecule has 0 aliphatic carbocycles. The van der Waals surface area contributed by atoms with Crippen LogP contribution in [0.5, 0.6) is 11.5 Å². The molecule has 0 radical (unpaired) electrons. The minimum atomic E-state index is -0.590. The van der Waals surface area contributed by atoms with Crippen LogP contribution in [0.15, 0.2) is 66.2 Å². The number of nitrogens with one attached hydrogen (secondary N) is 1. The van der Waals surface area contributed by atoms with Crippen LogP contribution >= 0.6 is 0 Å². The van der Waals surface area contributed by atoms with E-state index >= 15 is 0 Å². The van der Waals surface area contributed by atoms with Gasteiger partial charge < -0.3 is 14.8 Å². The minimum Gasteiger partial charge on any atom is -0.493 e. The van der Waals surface area contributed by atoms with Gasteiger partial charge >= 0.3 is 0 Å². The molecule has 0 heterocycles. The van der Waals surface area contributed by atoms with E-state index in [1.807, 2.05) is 12.1 Å².